The van der Waals surface area contributed by atoms with Crippen LogP contribution in [0.1, 0.15) is 48.3 Å². The Kier molecular flexibility index (Phi) is 4.38. The number of hydrogen-bond donors (Lipinski definition) is 0. The topological polar surface area (TPSA) is 9.23 Å². The summed E-state index contributed by atoms with van der Waals surface area (Å²) in [6.07, 6.45) is 4.36. The minimum atomic E-state index is -0.125. The molecule has 3 aromatic rings. The van der Waals surface area contributed by atoms with Crippen LogP contribution in [0.15, 0.2) is 48.5 Å². The average Bonchev–Trinajstić information content (AvgIpc) is 2.99. The SMILES string of the molecule is C[C@@H]1CCC[C@H](c2ccc(F)c(Cc3cc4ccccc4s3)c2)O1. The van der Waals surface area contributed by atoms with Crippen LogP contribution >= 0.6 is 11.3 Å². The van der Waals surface area contributed by atoms with Crippen molar-refractivity contribution in [1.29, 1.82) is 0 Å². The van der Waals surface area contributed by atoms with E-state index in [1.54, 1.807) is 17.4 Å². The van der Waals surface area contributed by atoms with Crippen molar-refractivity contribution in [3.05, 3.63) is 70.4 Å². The van der Waals surface area contributed by atoms with Gasteiger partial charge in [-0.15, -0.1) is 11.3 Å². The first-order chi connectivity index (χ1) is 11.7. The normalized spacial score (nSPS) is 21.2. The van der Waals surface area contributed by atoms with E-state index in [4.69, 9.17) is 4.74 Å². The Bertz CT molecular complexity index is 821. The van der Waals surface area contributed by atoms with Crippen molar-refractivity contribution in [2.24, 2.45) is 0 Å². The van der Waals surface area contributed by atoms with Crippen molar-refractivity contribution >= 4 is 21.4 Å². The number of halogens is 1. The first-order valence-electron chi connectivity index (χ1n) is 8.60. The van der Waals surface area contributed by atoms with E-state index in [9.17, 15) is 4.39 Å². The first kappa shape index (κ1) is 15.8. The molecule has 0 unspecified atom stereocenters. The van der Waals surface area contributed by atoms with Crippen molar-refractivity contribution < 1.29 is 9.13 Å². The van der Waals surface area contributed by atoms with E-state index in [1.165, 1.54) is 21.4 Å². The molecule has 2 atom stereocenters. The molecule has 2 aromatic carbocycles. The summed E-state index contributed by atoms with van der Waals surface area (Å²) in [5.41, 5.74) is 1.87. The van der Waals surface area contributed by atoms with Crippen molar-refractivity contribution in [2.45, 2.75) is 44.8 Å². The van der Waals surface area contributed by atoms with Gasteiger partial charge in [-0.3, -0.25) is 0 Å². The van der Waals surface area contributed by atoms with Crippen LogP contribution in [-0.2, 0) is 11.2 Å². The summed E-state index contributed by atoms with van der Waals surface area (Å²) in [6.45, 7) is 2.12. The first-order valence-corrected chi connectivity index (χ1v) is 9.42. The molecule has 0 aliphatic carbocycles. The molecule has 3 heteroatoms. The van der Waals surface area contributed by atoms with E-state index in [2.05, 4.69) is 25.1 Å². The van der Waals surface area contributed by atoms with Crippen LogP contribution in [0.3, 0.4) is 0 Å². The van der Waals surface area contributed by atoms with Gasteiger partial charge in [-0.1, -0.05) is 24.3 Å². The minimum Gasteiger partial charge on any atom is -0.371 e. The molecule has 1 aromatic heterocycles. The Labute approximate surface area is 146 Å². The number of rotatable bonds is 3. The minimum absolute atomic E-state index is 0.107. The summed E-state index contributed by atoms with van der Waals surface area (Å²) in [4.78, 5) is 1.20. The van der Waals surface area contributed by atoms with Gasteiger partial charge in [0.2, 0.25) is 0 Å². The van der Waals surface area contributed by atoms with Crippen LogP contribution in [0.5, 0.6) is 0 Å². The highest BCUT2D eigenvalue weighted by atomic mass is 32.1. The summed E-state index contributed by atoms with van der Waals surface area (Å²) < 4.78 is 21.6. The Balaban J connectivity index is 1.61. The van der Waals surface area contributed by atoms with E-state index in [1.807, 2.05) is 24.3 Å². The van der Waals surface area contributed by atoms with Crippen LogP contribution in [-0.4, -0.2) is 6.10 Å². The van der Waals surface area contributed by atoms with Gasteiger partial charge in [-0.2, -0.15) is 0 Å². The zero-order chi connectivity index (χ0) is 16.5. The lowest BCUT2D eigenvalue weighted by Gasteiger charge is -2.28. The molecule has 4 rings (SSSR count). The van der Waals surface area contributed by atoms with Gasteiger partial charge in [-0.05, 0) is 67.0 Å². The van der Waals surface area contributed by atoms with Gasteiger partial charge >= 0.3 is 0 Å². The fourth-order valence-corrected chi connectivity index (χ4v) is 4.58. The molecule has 0 saturated carbocycles. The predicted molar refractivity (Wildman–Crippen MR) is 98.2 cm³/mol. The van der Waals surface area contributed by atoms with E-state index in [0.717, 1.165) is 24.0 Å². The maximum Gasteiger partial charge on any atom is 0.126 e. The molecule has 124 valence electrons. The molecule has 0 amide bonds. The zero-order valence-corrected chi connectivity index (χ0v) is 14.6. The highest BCUT2D eigenvalue weighted by molar-refractivity contribution is 7.19. The van der Waals surface area contributed by atoms with Crippen molar-refractivity contribution in [2.75, 3.05) is 0 Å². The standard InChI is InChI=1S/C21H21FOS/c1-14-5-4-7-20(23-14)15-9-10-19(22)17(11-15)13-18-12-16-6-2-3-8-21(16)24-18/h2-3,6,8-12,14,20H,4-5,7,13H2,1H3/t14-,20-/m1/s1. The van der Waals surface area contributed by atoms with Crippen LogP contribution in [0.2, 0.25) is 0 Å². The molecule has 1 saturated heterocycles. The van der Waals surface area contributed by atoms with E-state index in [0.29, 0.717) is 12.5 Å². The summed E-state index contributed by atoms with van der Waals surface area (Å²) >= 11 is 1.74. The van der Waals surface area contributed by atoms with Gasteiger partial charge < -0.3 is 4.74 Å². The Morgan fingerprint density at radius 1 is 1.12 bits per heavy atom. The fourth-order valence-electron chi connectivity index (χ4n) is 3.49. The Morgan fingerprint density at radius 2 is 2.00 bits per heavy atom. The molecule has 1 nitrogen and oxygen atoms in total. The monoisotopic (exact) mass is 340 g/mol. The highest BCUT2D eigenvalue weighted by Gasteiger charge is 2.21. The van der Waals surface area contributed by atoms with Gasteiger partial charge in [0.1, 0.15) is 5.82 Å². The lowest BCUT2D eigenvalue weighted by atomic mass is 9.96. The second-order valence-electron chi connectivity index (χ2n) is 6.64. The zero-order valence-electron chi connectivity index (χ0n) is 13.8. The lowest BCUT2D eigenvalue weighted by molar-refractivity contribution is -0.0415. The molecular weight excluding hydrogens is 319 g/mol. The quantitative estimate of drug-likeness (QED) is 0.546. The molecule has 1 aliphatic heterocycles. The Morgan fingerprint density at radius 3 is 2.83 bits per heavy atom. The number of hydrogen-bond acceptors (Lipinski definition) is 2. The molecular formula is C21H21FOS. The molecule has 24 heavy (non-hydrogen) atoms. The number of benzene rings is 2. The third kappa shape index (κ3) is 3.24. The van der Waals surface area contributed by atoms with Gasteiger partial charge in [0.25, 0.3) is 0 Å². The second-order valence-corrected chi connectivity index (χ2v) is 7.81. The highest BCUT2D eigenvalue weighted by Crippen LogP contribution is 2.33. The smallest absolute Gasteiger partial charge is 0.126 e. The largest absolute Gasteiger partial charge is 0.371 e. The maximum absolute atomic E-state index is 14.3. The predicted octanol–water partition coefficient (Wildman–Crippen LogP) is 6.26. The van der Waals surface area contributed by atoms with Crippen LogP contribution in [0, 0.1) is 5.82 Å². The summed E-state index contributed by atoms with van der Waals surface area (Å²) in [7, 11) is 0. The number of fused-ring (bicyclic) bond motifs is 1. The van der Waals surface area contributed by atoms with Gasteiger partial charge in [0, 0.05) is 16.0 Å². The van der Waals surface area contributed by atoms with Crippen molar-refractivity contribution in [3.63, 3.8) is 0 Å². The van der Waals surface area contributed by atoms with Crippen LogP contribution in [0.25, 0.3) is 10.1 Å². The molecule has 1 fully saturated rings. The molecule has 0 bridgehead atoms. The average molecular weight is 340 g/mol. The fraction of sp³-hybridized carbons (Fsp3) is 0.333. The van der Waals surface area contributed by atoms with Crippen LogP contribution < -0.4 is 0 Å². The molecule has 0 N–H and O–H groups in total. The molecule has 1 aliphatic rings. The molecule has 2 heterocycles. The Hall–Kier alpha value is -1.71. The summed E-state index contributed by atoms with van der Waals surface area (Å²) in [5.74, 6) is -0.125. The van der Waals surface area contributed by atoms with E-state index >= 15 is 0 Å². The molecule has 0 spiro atoms. The second kappa shape index (κ2) is 6.66. The summed E-state index contributed by atoms with van der Waals surface area (Å²) in [5, 5.41) is 1.23. The van der Waals surface area contributed by atoms with Crippen molar-refractivity contribution in [3.8, 4) is 0 Å². The summed E-state index contributed by atoms with van der Waals surface area (Å²) in [6, 6.07) is 16.0. The third-order valence-electron chi connectivity index (χ3n) is 4.76. The van der Waals surface area contributed by atoms with Gasteiger partial charge in [-0.25, -0.2) is 4.39 Å². The third-order valence-corrected chi connectivity index (χ3v) is 5.87. The van der Waals surface area contributed by atoms with E-state index < -0.39 is 0 Å². The van der Waals surface area contributed by atoms with E-state index in [-0.39, 0.29) is 11.9 Å². The van der Waals surface area contributed by atoms with Gasteiger partial charge in [0.05, 0.1) is 12.2 Å². The number of thiophene rings is 1. The lowest BCUT2D eigenvalue weighted by Crippen LogP contribution is -2.19. The molecule has 0 radical (unpaired) electrons. The maximum atomic E-state index is 14.3. The van der Waals surface area contributed by atoms with Crippen LogP contribution in [0.4, 0.5) is 4.39 Å². The van der Waals surface area contributed by atoms with Crippen molar-refractivity contribution in [1.82, 2.24) is 0 Å². The van der Waals surface area contributed by atoms with Gasteiger partial charge in [0.15, 0.2) is 0 Å². The number of ether oxygens (including phenoxy) is 1.